The second-order valence-corrected chi connectivity index (χ2v) is 23.6. The van der Waals surface area contributed by atoms with Crippen LogP contribution in [0, 0.1) is 0 Å². The number of fused-ring (bicyclic) bond motifs is 5. The van der Waals surface area contributed by atoms with Crippen LogP contribution < -0.4 is 36.0 Å². The van der Waals surface area contributed by atoms with Crippen LogP contribution >= 0.6 is 0 Å². The second kappa shape index (κ2) is 14.9. The van der Waals surface area contributed by atoms with Crippen LogP contribution in [0.4, 0.5) is 56.9 Å². The van der Waals surface area contributed by atoms with Gasteiger partial charge >= 0.3 is 0 Å². The third-order valence-electron chi connectivity index (χ3n) is 14.5. The van der Waals surface area contributed by atoms with E-state index < -0.39 is 5.66 Å². The molecule has 0 aliphatic carbocycles. The monoisotopic (exact) mass is 867 g/mol. The summed E-state index contributed by atoms with van der Waals surface area (Å²) in [6, 6.07) is 58.1. The third kappa shape index (κ3) is 7.04. The van der Waals surface area contributed by atoms with E-state index in [1.807, 2.05) is 0 Å². The highest BCUT2D eigenvalue weighted by Crippen LogP contribution is 2.55. The van der Waals surface area contributed by atoms with Crippen LogP contribution in [0.15, 0.2) is 152 Å². The third-order valence-corrected chi connectivity index (χ3v) is 14.5. The minimum absolute atomic E-state index is 0.0164. The van der Waals surface area contributed by atoms with Crippen molar-refractivity contribution in [2.45, 2.75) is 124 Å². The lowest BCUT2D eigenvalue weighted by Gasteiger charge is -2.46. The van der Waals surface area contributed by atoms with Gasteiger partial charge in [0.05, 0.1) is 11.4 Å². The molecule has 0 saturated carbocycles. The molecule has 7 aromatic rings. The maximum Gasteiger partial charge on any atom is 0.252 e. The molecule has 0 amide bonds. The molecule has 0 spiro atoms. The standard InChI is InChI=1S/C61H67BN4/c1-57(2,3)40-25-29-44(30-26-40)63-50-32-27-41(58(4,5)6)35-48(50)62-49-36-42(59(7,8)9)28-33-51(49)64(55-38-43(60(10,11)12)37-54(63)56(55)62)47-31-34-52-53(39-47)66(46-23-19-16-20-24-46)61(13,14)65(52)45-21-17-15-18-22-45/h15-39H,1-14H3. The van der Waals surface area contributed by atoms with E-state index in [2.05, 4.69) is 268 Å². The maximum absolute atomic E-state index is 2.60. The summed E-state index contributed by atoms with van der Waals surface area (Å²) >= 11 is 0. The summed E-state index contributed by atoms with van der Waals surface area (Å²) < 4.78 is 0. The van der Waals surface area contributed by atoms with Gasteiger partial charge in [0.25, 0.3) is 6.71 Å². The molecule has 334 valence electrons. The van der Waals surface area contributed by atoms with Crippen LogP contribution in [0.5, 0.6) is 0 Å². The first-order valence-electron chi connectivity index (χ1n) is 24.1. The van der Waals surface area contributed by atoms with Gasteiger partial charge in [-0.05, 0) is 153 Å². The number of hydrogen-bond acceptors (Lipinski definition) is 4. The molecule has 66 heavy (non-hydrogen) atoms. The summed E-state index contributed by atoms with van der Waals surface area (Å²) in [6.45, 7) is 32.8. The quantitative estimate of drug-likeness (QED) is 0.163. The Morgan fingerprint density at radius 2 is 0.727 bits per heavy atom. The molecule has 3 heterocycles. The van der Waals surface area contributed by atoms with Crippen molar-refractivity contribution in [2.75, 3.05) is 19.6 Å². The van der Waals surface area contributed by atoms with Gasteiger partial charge in [0, 0.05) is 45.5 Å². The SMILES string of the molecule is CC(C)(C)c1ccc(N2c3ccc(C(C)(C)C)cc3B3c4cc(C(C)(C)C)ccc4N(c4ccc5c(c4)N(c4ccccc4)C(C)(C)N5c4ccccc4)c4cc(C(C)(C)C)cc2c43)cc1. The first kappa shape index (κ1) is 43.7. The van der Waals surface area contributed by atoms with Crippen LogP contribution in [0.1, 0.15) is 119 Å². The van der Waals surface area contributed by atoms with E-state index >= 15 is 0 Å². The minimum atomic E-state index is -0.404. The zero-order valence-corrected chi connectivity index (χ0v) is 41.8. The lowest BCUT2D eigenvalue weighted by molar-refractivity contribution is 0.540. The van der Waals surface area contributed by atoms with Crippen LogP contribution in [0.25, 0.3) is 0 Å². The normalized spacial score (nSPS) is 15.4. The van der Waals surface area contributed by atoms with Crippen molar-refractivity contribution in [3.63, 3.8) is 0 Å². The van der Waals surface area contributed by atoms with Gasteiger partial charge in [0.1, 0.15) is 5.66 Å². The summed E-state index contributed by atoms with van der Waals surface area (Å²) in [7, 11) is 0. The summed E-state index contributed by atoms with van der Waals surface area (Å²) in [5.41, 5.74) is 20.9. The summed E-state index contributed by atoms with van der Waals surface area (Å²) in [5.74, 6) is 0. The molecule has 5 heteroatoms. The highest BCUT2D eigenvalue weighted by Gasteiger charge is 2.47. The largest absolute Gasteiger partial charge is 0.316 e. The van der Waals surface area contributed by atoms with Gasteiger partial charge in [-0.3, -0.25) is 0 Å². The van der Waals surface area contributed by atoms with E-state index in [0.717, 1.165) is 5.69 Å². The molecule has 0 radical (unpaired) electrons. The van der Waals surface area contributed by atoms with Gasteiger partial charge in [-0.25, -0.2) is 0 Å². The highest BCUT2D eigenvalue weighted by atomic mass is 15.5. The Balaban J connectivity index is 1.29. The predicted octanol–water partition coefficient (Wildman–Crippen LogP) is 15.0. The smallest absolute Gasteiger partial charge is 0.252 e. The van der Waals surface area contributed by atoms with E-state index in [4.69, 9.17) is 0 Å². The number of rotatable bonds is 4. The molecule has 3 aliphatic rings. The Bertz CT molecular complexity index is 2990. The molecule has 0 bridgehead atoms. The van der Waals surface area contributed by atoms with Crippen molar-refractivity contribution < 1.29 is 0 Å². The Morgan fingerprint density at radius 1 is 0.333 bits per heavy atom. The van der Waals surface area contributed by atoms with Crippen molar-refractivity contribution in [3.8, 4) is 0 Å². The molecule has 0 atom stereocenters. The number of hydrogen-bond donors (Lipinski definition) is 0. The van der Waals surface area contributed by atoms with E-state index in [0.29, 0.717) is 0 Å². The lowest BCUT2D eigenvalue weighted by Crippen LogP contribution is -2.61. The highest BCUT2D eigenvalue weighted by molar-refractivity contribution is 7.00. The molecule has 0 N–H and O–H groups in total. The zero-order valence-electron chi connectivity index (χ0n) is 41.8. The second-order valence-electron chi connectivity index (χ2n) is 23.6. The van der Waals surface area contributed by atoms with Crippen molar-refractivity contribution in [1.82, 2.24) is 0 Å². The van der Waals surface area contributed by atoms with Crippen molar-refractivity contribution >= 4 is 80.0 Å². The van der Waals surface area contributed by atoms with E-state index in [1.165, 1.54) is 89.8 Å². The molecule has 4 nitrogen and oxygen atoms in total. The number of benzene rings is 7. The zero-order chi connectivity index (χ0) is 46.9. The van der Waals surface area contributed by atoms with Crippen molar-refractivity contribution in [2.24, 2.45) is 0 Å². The fourth-order valence-corrected chi connectivity index (χ4v) is 10.8. The van der Waals surface area contributed by atoms with E-state index in [1.54, 1.807) is 0 Å². The Kier molecular flexibility index (Phi) is 9.87. The molecule has 0 saturated heterocycles. The average molecular weight is 867 g/mol. The van der Waals surface area contributed by atoms with Crippen LogP contribution in [-0.2, 0) is 21.7 Å². The molecule has 7 aromatic carbocycles. The molecule has 0 aromatic heterocycles. The summed E-state index contributed by atoms with van der Waals surface area (Å²) in [6.07, 6.45) is 0. The van der Waals surface area contributed by atoms with Crippen LogP contribution in [0.2, 0.25) is 0 Å². The maximum atomic E-state index is 2.60. The predicted molar refractivity (Wildman–Crippen MR) is 287 cm³/mol. The molecule has 0 unspecified atom stereocenters. The van der Waals surface area contributed by atoms with E-state index in [-0.39, 0.29) is 28.4 Å². The molecule has 3 aliphatic heterocycles. The lowest BCUT2D eigenvalue weighted by atomic mass is 9.33. The van der Waals surface area contributed by atoms with Crippen molar-refractivity contribution in [1.29, 1.82) is 0 Å². The number of nitrogens with zero attached hydrogens (tertiary/aromatic N) is 4. The fourth-order valence-electron chi connectivity index (χ4n) is 10.8. The molecule has 10 rings (SSSR count). The van der Waals surface area contributed by atoms with Gasteiger partial charge < -0.3 is 19.6 Å². The topological polar surface area (TPSA) is 13.0 Å². The average Bonchev–Trinajstić information content (AvgIpc) is 3.50. The summed E-state index contributed by atoms with van der Waals surface area (Å²) in [5, 5.41) is 0. The number of para-hydroxylation sites is 2. The molecular weight excluding hydrogens is 800 g/mol. The van der Waals surface area contributed by atoms with Gasteiger partial charge in [-0.2, -0.15) is 0 Å². The fraction of sp³-hybridized carbons (Fsp3) is 0.311. The number of anilines is 10. The minimum Gasteiger partial charge on any atom is -0.316 e. The Hall–Kier alpha value is -6.20. The summed E-state index contributed by atoms with van der Waals surface area (Å²) in [4.78, 5) is 10.2. The van der Waals surface area contributed by atoms with Crippen LogP contribution in [-0.4, -0.2) is 12.4 Å². The van der Waals surface area contributed by atoms with Gasteiger partial charge in [-0.15, -0.1) is 0 Å². The molecular formula is C61H67BN4. The Labute approximate surface area is 396 Å². The molecule has 0 fully saturated rings. The van der Waals surface area contributed by atoms with Gasteiger partial charge in [-0.1, -0.05) is 156 Å². The first-order chi connectivity index (χ1) is 31.0. The van der Waals surface area contributed by atoms with E-state index in [9.17, 15) is 0 Å². The van der Waals surface area contributed by atoms with Crippen molar-refractivity contribution in [3.05, 3.63) is 174 Å². The first-order valence-corrected chi connectivity index (χ1v) is 24.1. The van der Waals surface area contributed by atoms with Crippen LogP contribution in [0.3, 0.4) is 0 Å². The van der Waals surface area contributed by atoms with Gasteiger partial charge in [0.2, 0.25) is 0 Å². The Morgan fingerprint density at radius 3 is 1.18 bits per heavy atom. The van der Waals surface area contributed by atoms with Gasteiger partial charge in [0.15, 0.2) is 0 Å².